The van der Waals surface area contributed by atoms with Crippen molar-refractivity contribution < 1.29 is 23.0 Å². The van der Waals surface area contributed by atoms with Crippen molar-refractivity contribution in [1.29, 1.82) is 0 Å². The Morgan fingerprint density at radius 2 is 2.19 bits per heavy atom. The summed E-state index contributed by atoms with van der Waals surface area (Å²) in [5, 5.41) is 16.2. The smallest absolute Gasteiger partial charge is 0.401 e. The van der Waals surface area contributed by atoms with Crippen molar-refractivity contribution in [3.05, 3.63) is 23.8 Å². The summed E-state index contributed by atoms with van der Waals surface area (Å²) in [6, 6.07) is 5.04. The molecule has 1 aliphatic rings. The molecule has 2 rings (SSSR count). The Bertz CT molecular complexity index is 623. The van der Waals surface area contributed by atoms with Crippen LogP contribution in [0.15, 0.2) is 23.2 Å². The van der Waals surface area contributed by atoms with Gasteiger partial charge in [0, 0.05) is 38.8 Å². The van der Waals surface area contributed by atoms with Gasteiger partial charge in [0.15, 0.2) is 5.96 Å². The van der Waals surface area contributed by atoms with Crippen LogP contribution in [0.3, 0.4) is 0 Å². The van der Waals surface area contributed by atoms with Crippen molar-refractivity contribution in [2.45, 2.75) is 25.1 Å². The Balaban J connectivity index is 1.76. The third-order valence-electron chi connectivity index (χ3n) is 4.22. The monoisotopic (exact) mass is 374 g/mol. The fourth-order valence-electron chi connectivity index (χ4n) is 2.93. The van der Waals surface area contributed by atoms with Crippen molar-refractivity contribution in [1.82, 2.24) is 15.5 Å². The van der Waals surface area contributed by atoms with Crippen LogP contribution in [0.1, 0.15) is 12.0 Å². The van der Waals surface area contributed by atoms with E-state index in [1.807, 2.05) is 0 Å². The average Bonchev–Trinajstić information content (AvgIpc) is 3.00. The standard InChI is InChI=1S/C17H25F3N4O2/c1-21-16(23-13-6-8-24(10-13)11-17(18,19)20)22-7-5-12-3-4-14(26-2)9-15(12)25/h3-4,9,13,25H,5-8,10-11H2,1-2H3,(H2,21,22,23). The molecule has 1 aromatic carbocycles. The van der Waals surface area contributed by atoms with E-state index < -0.39 is 12.7 Å². The number of ether oxygens (including phenoxy) is 1. The minimum atomic E-state index is -4.17. The van der Waals surface area contributed by atoms with E-state index in [0.29, 0.717) is 44.2 Å². The molecule has 1 fully saturated rings. The van der Waals surface area contributed by atoms with Crippen LogP contribution in [0, 0.1) is 0 Å². The molecule has 0 bridgehead atoms. The van der Waals surface area contributed by atoms with E-state index in [4.69, 9.17) is 4.74 Å². The number of aliphatic imine (C=N–C) groups is 1. The molecule has 1 saturated heterocycles. The van der Waals surface area contributed by atoms with Gasteiger partial charge in [-0.05, 0) is 24.5 Å². The Morgan fingerprint density at radius 3 is 2.81 bits per heavy atom. The van der Waals surface area contributed by atoms with Gasteiger partial charge in [-0.15, -0.1) is 0 Å². The molecule has 0 aliphatic carbocycles. The van der Waals surface area contributed by atoms with Crippen molar-refractivity contribution in [2.75, 3.05) is 40.3 Å². The molecule has 0 amide bonds. The quantitative estimate of drug-likeness (QED) is 0.523. The normalized spacial score (nSPS) is 18.8. The molecule has 0 spiro atoms. The number of benzene rings is 1. The number of hydrogen-bond acceptors (Lipinski definition) is 4. The van der Waals surface area contributed by atoms with E-state index in [1.54, 1.807) is 25.2 Å². The molecule has 146 valence electrons. The summed E-state index contributed by atoms with van der Waals surface area (Å²) in [5.74, 6) is 1.28. The second-order valence-corrected chi connectivity index (χ2v) is 6.22. The second kappa shape index (κ2) is 8.98. The topological polar surface area (TPSA) is 69.1 Å². The van der Waals surface area contributed by atoms with Crippen LogP contribution in [0.2, 0.25) is 0 Å². The Kier molecular flexibility index (Phi) is 6.96. The van der Waals surface area contributed by atoms with Crippen molar-refractivity contribution in [2.24, 2.45) is 4.99 Å². The van der Waals surface area contributed by atoms with Crippen LogP contribution in [-0.2, 0) is 6.42 Å². The fourth-order valence-corrected chi connectivity index (χ4v) is 2.93. The molecule has 6 nitrogen and oxygen atoms in total. The molecule has 0 radical (unpaired) electrons. The van der Waals surface area contributed by atoms with Crippen LogP contribution in [0.5, 0.6) is 11.5 Å². The summed E-state index contributed by atoms with van der Waals surface area (Å²) >= 11 is 0. The van der Waals surface area contributed by atoms with Gasteiger partial charge in [-0.2, -0.15) is 13.2 Å². The number of likely N-dealkylation sites (tertiary alicyclic amines) is 1. The lowest BCUT2D eigenvalue weighted by Gasteiger charge is -2.20. The lowest BCUT2D eigenvalue weighted by atomic mass is 10.1. The molecule has 1 aromatic rings. The zero-order valence-electron chi connectivity index (χ0n) is 14.9. The van der Waals surface area contributed by atoms with Gasteiger partial charge in [0.25, 0.3) is 0 Å². The Morgan fingerprint density at radius 1 is 1.42 bits per heavy atom. The Labute approximate surface area is 151 Å². The zero-order chi connectivity index (χ0) is 19.2. The lowest BCUT2D eigenvalue weighted by molar-refractivity contribution is -0.143. The highest BCUT2D eigenvalue weighted by molar-refractivity contribution is 5.80. The molecule has 0 saturated carbocycles. The highest BCUT2D eigenvalue weighted by Crippen LogP contribution is 2.23. The van der Waals surface area contributed by atoms with Gasteiger partial charge in [0.1, 0.15) is 11.5 Å². The number of nitrogens with one attached hydrogen (secondary N) is 2. The lowest BCUT2D eigenvalue weighted by Crippen LogP contribution is -2.45. The molecule has 3 N–H and O–H groups in total. The highest BCUT2D eigenvalue weighted by Gasteiger charge is 2.34. The summed E-state index contributed by atoms with van der Waals surface area (Å²) in [7, 11) is 3.15. The summed E-state index contributed by atoms with van der Waals surface area (Å²) in [6.45, 7) is 0.389. The summed E-state index contributed by atoms with van der Waals surface area (Å²) in [4.78, 5) is 5.49. The third kappa shape index (κ3) is 6.29. The molecule has 1 heterocycles. The van der Waals surface area contributed by atoms with E-state index in [-0.39, 0.29) is 11.8 Å². The van der Waals surface area contributed by atoms with Gasteiger partial charge < -0.3 is 20.5 Å². The largest absolute Gasteiger partial charge is 0.508 e. The Hall–Kier alpha value is -2.16. The van der Waals surface area contributed by atoms with Gasteiger partial charge in [0.2, 0.25) is 0 Å². The molecule has 0 aromatic heterocycles. The van der Waals surface area contributed by atoms with E-state index in [2.05, 4.69) is 15.6 Å². The van der Waals surface area contributed by atoms with Crippen LogP contribution in [-0.4, -0.2) is 68.5 Å². The number of phenols is 1. The number of rotatable bonds is 6. The maximum Gasteiger partial charge on any atom is 0.401 e. The molecule has 9 heteroatoms. The number of halogens is 3. The highest BCUT2D eigenvalue weighted by atomic mass is 19.4. The number of aromatic hydroxyl groups is 1. The van der Waals surface area contributed by atoms with E-state index in [0.717, 1.165) is 5.56 Å². The van der Waals surface area contributed by atoms with E-state index in [1.165, 1.54) is 12.0 Å². The minimum absolute atomic E-state index is 0.0714. The molecular formula is C17H25F3N4O2. The van der Waals surface area contributed by atoms with Crippen LogP contribution in [0.25, 0.3) is 0 Å². The van der Waals surface area contributed by atoms with E-state index in [9.17, 15) is 18.3 Å². The number of phenolic OH excluding ortho intramolecular Hbond substituents is 1. The second-order valence-electron chi connectivity index (χ2n) is 6.22. The average molecular weight is 374 g/mol. The van der Waals surface area contributed by atoms with Crippen LogP contribution >= 0.6 is 0 Å². The van der Waals surface area contributed by atoms with Gasteiger partial charge in [0.05, 0.1) is 13.7 Å². The number of guanidine groups is 1. The summed E-state index contributed by atoms with van der Waals surface area (Å²) in [5.41, 5.74) is 0.769. The predicted octanol–water partition coefficient (Wildman–Crippen LogP) is 1.74. The van der Waals surface area contributed by atoms with Gasteiger partial charge in [-0.1, -0.05) is 6.07 Å². The first-order valence-electron chi connectivity index (χ1n) is 8.43. The van der Waals surface area contributed by atoms with Crippen molar-refractivity contribution >= 4 is 5.96 Å². The SMILES string of the molecule is CN=C(NCCc1ccc(OC)cc1O)NC1CCN(CC(F)(F)F)C1. The van der Waals surface area contributed by atoms with E-state index >= 15 is 0 Å². The molecule has 1 atom stereocenters. The summed E-state index contributed by atoms with van der Waals surface area (Å²) < 4.78 is 42.4. The zero-order valence-corrected chi connectivity index (χ0v) is 14.9. The van der Waals surface area contributed by atoms with Crippen LogP contribution in [0.4, 0.5) is 13.2 Å². The van der Waals surface area contributed by atoms with Crippen molar-refractivity contribution in [3.63, 3.8) is 0 Å². The minimum Gasteiger partial charge on any atom is -0.508 e. The predicted molar refractivity (Wildman–Crippen MR) is 93.8 cm³/mol. The van der Waals surface area contributed by atoms with Gasteiger partial charge in [-0.25, -0.2) is 0 Å². The van der Waals surface area contributed by atoms with Crippen LogP contribution < -0.4 is 15.4 Å². The first-order chi connectivity index (χ1) is 12.3. The maximum atomic E-state index is 12.4. The molecule has 26 heavy (non-hydrogen) atoms. The molecular weight excluding hydrogens is 349 g/mol. The number of methoxy groups -OCH3 is 1. The third-order valence-corrected chi connectivity index (χ3v) is 4.22. The number of hydrogen-bond donors (Lipinski definition) is 3. The summed E-state index contributed by atoms with van der Waals surface area (Å²) in [6.07, 6.45) is -2.97. The maximum absolute atomic E-state index is 12.4. The number of alkyl halides is 3. The van der Waals surface area contributed by atoms with Gasteiger partial charge in [-0.3, -0.25) is 9.89 Å². The first-order valence-corrected chi connectivity index (χ1v) is 8.43. The van der Waals surface area contributed by atoms with Crippen molar-refractivity contribution in [3.8, 4) is 11.5 Å². The number of nitrogens with zero attached hydrogens (tertiary/aromatic N) is 2. The molecule has 1 aliphatic heterocycles. The van der Waals surface area contributed by atoms with Gasteiger partial charge >= 0.3 is 6.18 Å². The fraction of sp³-hybridized carbons (Fsp3) is 0.588. The molecule has 1 unspecified atom stereocenters. The first kappa shape index (κ1) is 20.2.